The van der Waals surface area contributed by atoms with Crippen molar-refractivity contribution in [3.8, 4) is 23.0 Å². The van der Waals surface area contributed by atoms with Gasteiger partial charge in [-0.1, -0.05) is 13.3 Å². The van der Waals surface area contributed by atoms with E-state index < -0.39 is 5.97 Å². The number of hydrogen-bond acceptors (Lipinski definition) is 5. The van der Waals surface area contributed by atoms with Crippen LogP contribution in [-0.2, 0) is 11.2 Å². The molecule has 0 aliphatic heterocycles. The van der Waals surface area contributed by atoms with Crippen LogP contribution in [0.5, 0.6) is 23.0 Å². The first-order chi connectivity index (χ1) is 10.5. The highest BCUT2D eigenvalue weighted by atomic mass is 16.6. The maximum atomic E-state index is 11.4. The van der Waals surface area contributed by atoms with E-state index in [1.165, 1.54) is 14.0 Å². The van der Waals surface area contributed by atoms with E-state index in [9.17, 15) is 9.90 Å². The Morgan fingerprint density at radius 2 is 1.86 bits per heavy atom. The maximum Gasteiger partial charge on any atom is 0.308 e. The zero-order valence-electron chi connectivity index (χ0n) is 13.2. The Labute approximate surface area is 129 Å². The molecular weight excluding hydrogens is 284 g/mol. The number of methoxy groups -OCH3 is 2. The smallest absolute Gasteiger partial charge is 0.308 e. The summed E-state index contributed by atoms with van der Waals surface area (Å²) in [7, 11) is 3.05. The summed E-state index contributed by atoms with van der Waals surface area (Å²) < 4.78 is 16.0. The first-order valence-electron chi connectivity index (χ1n) is 7.11. The molecule has 0 bridgehead atoms. The third kappa shape index (κ3) is 2.79. The molecule has 0 radical (unpaired) electrons. The summed E-state index contributed by atoms with van der Waals surface area (Å²) in [5.74, 6) is 1.03. The molecule has 2 aromatic rings. The second-order valence-electron chi connectivity index (χ2n) is 4.94. The molecule has 0 fully saturated rings. The molecule has 2 rings (SSSR count). The lowest BCUT2D eigenvalue weighted by molar-refractivity contribution is -0.131. The molecule has 0 aliphatic rings. The lowest BCUT2D eigenvalue weighted by atomic mass is 9.99. The van der Waals surface area contributed by atoms with Crippen LogP contribution in [-0.4, -0.2) is 25.3 Å². The minimum Gasteiger partial charge on any atom is -0.507 e. The summed E-state index contributed by atoms with van der Waals surface area (Å²) in [5, 5.41) is 11.8. The van der Waals surface area contributed by atoms with Gasteiger partial charge in [0.2, 0.25) is 0 Å². The molecule has 0 unspecified atom stereocenters. The fourth-order valence-electron chi connectivity index (χ4n) is 2.52. The number of carbonyl (C=O) groups excluding carboxylic acids is 1. The number of benzene rings is 2. The van der Waals surface area contributed by atoms with Gasteiger partial charge in [-0.2, -0.15) is 0 Å². The summed E-state index contributed by atoms with van der Waals surface area (Å²) in [6.45, 7) is 3.33. The predicted molar refractivity (Wildman–Crippen MR) is 84.0 cm³/mol. The normalized spacial score (nSPS) is 10.5. The quantitative estimate of drug-likeness (QED) is 0.677. The number of phenolic OH excluding ortho intramolecular Hbond substituents is 1. The van der Waals surface area contributed by atoms with E-state index in [2.05, 4.69) is 0 Å². The van der Waals surface area contributed by atoms with Gasteiger partial charge in [-0.15, -0.1) is 0 Å². The number of fused-ring (bicyclic) bond motifs is 1. The van der Waals surface area contributed by atoms with Gasteiger partial charge >= 0.3 is 5.97 Å². The highest BCUT2D eigenvalue weighted by Gasteiger charge is 2.22. The summed E-state index contributed by atoms with van der Waals surface area (Å²) in [6.07, 6.45) is 1.43. The van der Waals surface area contributed by atoms with E-state index in [4.69, 9.17) is 14.2 Å². The number of esters is 1. The average Bonchev–Trinajstić information content (AvgIpc) is 2.51. The van der Waals surface area contributed by atoms with Crippen LogP contribution >= 0.6 is 0 Å². The molecular formula is C17H20O5. The molecule has 1 N–H and O–H groups in total. The van der Waals surface area contributed by atoms with Crippen molar-refractivity contribution in [3.63, 3.8) is 0 Å². The van der Waals surface area contributed by atoms with Gasteiger partial charge in [0.25, 0.3) is 0 Å². The van der Waals surface area contributed by atoms with Crippen molar-refractivity contribution >= 4 is 16.7 Å². The zero-order chi connectivity index (χ0) is 16.3. The molecule has 0 aromatic heterocycles. The first-order valence-corrected chi connectivity index (χ1v) is 7.11. The van der Waals surface area contributed by atoms with Gasteiger partial charge in [-0.25, -0.2) is 0 Å². The third-order valence-corrected chi connectivity index (χ3v) is 3.44. The van der Waals surface area contributed by atoms with Crippen LogP contribution in [0, 0.1) is 0 Å². The molecule has 2 aromatic carbocycles. The van der Waals surface area contributed by atoms with Crippen LogP contribution in [0.15, 0.2) is 18.2 Å². The van der Waals surface area contributed by atoms with E-state index in [0.717, 1.165) is 6.42 Å². The highest BCUT2D eigenvalue weighted by molar-refractivity contribution is 5.99. The largest absolute Gasteiger partial charge is 0.507 e. The van der Waals surface area contributed by atoms with Crippen molar-refractivity contribution in [1.82, 2.24) is 0 Å². The molecule has 0 saturated heterocycles. The van der Waals surface area contributed by atoms with Crippen molar-refractivity contribution < 1.29 is 24.1 Å². The standard InChI is InChI=1S/C17H20O5/c1-5-6-13-15(19)14-9-11(20-3)7-8-12(14)17(16(13)21-4)22-10(2)18/h7-9,19H,5-6H2,1-4H3. The molecule has 0 heterocycles. The van der Waals surface area contributed by atoms with E-state index in [1.807, 2.05) is 6.92 Å². The van der Waals surface area contributed by atoms with Gasteiger partial charge in [0, 0.05) is 23.3 Å². The number of aromatic hydroxyl groups is 1. The van der Waals surface area contributed by atoms with Gasteiger partial charge in [-0.3, -0.25) is 4.79 Å². The average molecular weight is 304 g/mol. The molecule has 0 aliphatic carbocycles. The Hall–Kier alpha value is -2.43. The van der Waals surface area contributed by atoms with Gasteiger partial charge in [0.1, 0.15) is 11.5 Å². The maximum absolute atomic E-state index is 11.4. The fraction of sp³-hybridized carbons (Fsp3) is 0.353. The van der Waals surface area contributed by atoms with Crippen LogP contribution in [0.3, 0.4) is 0 Å². The van der Waals surface area contributed by atoms with Crippen LogP contribution in [0.25, 0.3) is 10.8 Å². The van der Waals surface area contributed by atoms with Gasteiger partial charge in [0.05, 0.1) is 14.2 Å². The molecule has 5 nitrogen and oxygen atoms in total. The fourth-order valence-corrected chi connectivity index (χ4v) is 2.52. The molecule has 0 amide bonds. The third-order valence-electron chi connectivity index (χ3n) is 3.44. The van der Waals surface area contributed by atoms with Crippen LogP contribution < -0.4 is 14.2 Å². The van der Waals surface area contributed by atoms with E-state index in [-0.39, 0.29) is 5.75 Å². The Bertz CT molecular complexity index is 706. The van der Waals surface area contributed by atoms with E-state index in [1.54, 1.807) is 25.3 Å². The number of ether oxygens (including phenoxy) is 3. The monoisotopic (exact) mass is 304 g/mol. The molecule has 118 valence electrons. The topological polar surface area (TPSA) is 65.0 Å². The lowest BCUT2D eigenvalue weighted by Gasteiger charge is -2.18. The van der Waals surface area contributed by atoms with Gasteiger partial charge in [0.15, 0.2) is 11.5 Å². The Morgan fingerprint density at radius 3 is 2.41 bits per heavy atom. The van der Waals surface area contributed by atoms with Crippen LogP contribution in [0.2, 0.25) is 0 Å². The van der Waals surface area contributed by atoms with E-state index in [0.29, 0.717) is 40.0 Å². The minimum atomic E-state index is -0.441. The van der Waals surface area contributed by atoms with Crippen LogP contribution in [0.1, 0.15) is 25.8 Å². The summed E-state index contributed by atoms with van der Waals surface area (Å²) in [6, 6.07) is 5.20. The van der Waals surface area contributed by atoms with Crippen molar-refractivity contribution in [1.29, 1.82) is 0 Å². The molecule has 22 heavy (non-hydrogen) atoms. The SMILES string of the molecule is CCCc1c(OC)c(OC(C)=O)c2ccc(OC)cc2c1O. The number of carbonyl (C=O) groups is 1. The molecule has 0 saturated carbocycles. The van der Waals surface area contributed by atoms with Crippen molar-refractivity contribution in [2.45, 2.75) is 26.7 Å². The molecule has 5 heteroatoms. The summed E-state index contributed by atoms with van der Waals surface area (Å²) in [4.78, 5) is 11.4. The predicted octanol–water partition coefficient (Wildman–Crippen LogP) is 3.44. The van der Waals surface area contributed by atoms with Crippen molar-refractivity contribution in [3.05, 3.63) is 23.8 Å². The summed E-state index contributed by atoms with van der Waals surface area (Å²) >= 11 is 0. The Balaban J connectivity index is 2.86. The van der Waals surface area contributed by atoms with E-state index >= 15 is 0 Å². The Kier molecular flexibility index (Phi) is 4.75. The second kappa shape index (κ2) is 6.56. The summed E-state index contributed by atoms with van der Waals surface area (Å²) in [5.41, 5.74) is 0.627. The van der Waals surface area contributed by atoms with Crippen molar-refractivity contribution in [2.75, 3.05) is 14.2 Å². The molecule has 0 spiro atoms. The first kappa shape index (κ1) is 15.9. The number of rotatable bonds is 5. The van der Waals surface area contributed by atoms with Gasteiger partial charge < -0.3 is 19.3 Å². The highest BCUT2D eigenvalue weighted by Crippen LogP contribution is 2.46. The second-order valence-corrected chi connectivity index (χ2v) is 4.94. The molecule has 0 atom stereocenters. The van der Waals surface area contributed by atoms with Crippen molar-refractivity contribution in [2.24, 2.45) is 0 Å². The zero-order valence-corrected chi connectivity index (χ0v) is 13.2. The lowest BCUT2D eigenvalue weighted by Crippen LogP contribution is -2.06. The van der Waals surface area contributed by atoms with Gasteiger partial charge in [-0.05, 0) is 24.6 Å². The Morgan fingerprint density at radius 1 is 1.14 bits per heavy atom. The minimum absolute atomic E-state index is 0.128. The number of hydrogen-bond donors (Lipinski definition) is 1. The number of phenols is 1. The van der Waals surface area contributed by atoms with Crippen LogP contribution in [0.4, 0.5) is 0 Å².